The number of anilines is 1. The van der Waals surface area contributed by atoms with Crippen LogP contribution >= 0.6 is 0 Å². The summed E-state index contributed by atoms with van der Waals surface area (Å²) in [6.45, 7) is 0.698. The molecule has 0 aliphatic carbocycles. The maximum atomic E-state index is 12.0. The van der Waals surface area contributed by atoms with Gasteiger partial charge in [0.1, 0.15) is 0 Å². The largest absolute Gasteiger partial charge is 0.378 e. The lowest BCUT2D eigenvalue weighted by molar-refractivity contribution is 0.0953. The van der Waals surface area contributed by atoms with E-state index in [-0.39, 0.29) is 5.91 Å². The van der Waals surface area contributed by atoms with Gasteiger partial charge in [0.05, 0.1) is 0 Å². The third-order valence-electron chi connectivity index (χ3n) is 3.42. The smallest absolute Gasteiger partial charge is 0.251 e. The molecule has 3 nitrogen and oxygen atoms in total. The Balaban J connectivity index is 1.76. The summed E-state index contributed by atoms with van der Waals surface area (Å²) in [6, 6.07) is 18.0. The molecule has 0 bridgehead atoms. The van der Waals surface area contributed by atoms with E-state index in [1.807, 2.05) is 61.5 Å². The van der Waals surface area contributed by atoms with Gasteiger partial charge in [-0.1, -0.05) is 30.3 Å². The quantitative estimate of drug-likeness (QED) is 0.826. The maximum Gasteiger partial charge on any atom is 0.251 e. The number of aryl methyl sites for hydroxylation is 1. The second kappa shape index (κ2) is 7.48. The third-order valence-corrected chi connectivity index (χ3v) is 3.42. The Labute approximate surface area is 126 Å². The highest BCUT2D eigenvalue weighted by molar-refractivity contribution is 5.94. The summed E-state index contributed by atoms with van der Waals surface area (Å²) in [6.07, 6.45) is 1.94. The van der Waals surface area contributed by atoms with Crippen molar-refractivity contribution in [3.8, 4) is 0 Å². The summed E-state index contributed by atoms with van der Waals surface area (Å²) in [5.41, 5.74) is 3.11. The highest BCUT2D eigenvalue weighted by atomic mass is 16.1. The van der Waals surface area contributed by atoms with E-state index < -0.39 is 0 Å². The highest BCUT2D eigenvalue weighted by Gasteiger charge is 2.05. The minimum Gasteiger partial charge on any atom is -0.378 e. The number of carbonyl (C=O) groups is 1. The van der Waals surface area contributed by atoms with Gasteiger partial charge in [0, 0.05) is 31.9 Å². The van der Waals surface area contributed by atoms with Crippen molar-refractivity contribution in [1.29, 1.82) is 0 Å². The van der Waals surface area contributed by atoms with Gasteiger partial charge in [0.2, 0.25) is 0 Å². The van der Waals surface area contributed by atoms with Gasteiger partial charge >= 0.3 is 0 Å². The van der Waals surface area contributed by atoms with Gasteiger partial charge in [-0.3, -0.25) is 4.79 Å². The topological polar surface area (TPSA) is 32.3 Å². The summed E-state index contributed by atoms with van der Waals surface area (Å²) in [4.78, 5) is 14.0. The van der Waals surface area contributed by atoms with Crippen LogP contribution in [0.1, 0.15) is 22.3 Å². The number of carbonyl (C=O) groups excluding carboxylic acids is 1. The minimum atomic E-state index is -0.00614. The second-order valence-corrected chi connectivity index (χ2v) is 5.29. The molecule has 21 heavy (non-hydrogen) atoms. The van der Waals surface area contributed by atoms with E-state index in [9.17, 15) is 4.79 Å². The molecule has 2 rings (SSSR count). The molecule has 0 atom stereocenters. The molecular weight excluding hydrogens is 260 g/mol. The molecule has 2 aromatic rings. The van der Waals surface area contributed by atoms with E-state index in [4.69, 9.17) is 0 Å². The van der Waals surface area contributed by atoms with E-state index in [1.54, 1.807) is 0 Å². The van der Waals surface area contributed by atoms with Crippen molar-refractivity contribution in [2.45, 2.75) is 12.8 Å². The molecule has 2 aromatic carbocycles. The molecule has 1 amide bonds. The van der Waals surface area contributed by atoms with Gasteiger partial charge in [-0.2, -0.15) is 0 Å². The third kappa shape index (κ3) is 4.63. The Kier molecular flexibility index (Phi) is 5.38. The molecule has 0 aromatic heterocycles. The number of hydrogen-bond donors (Lipinski definition) is 1. The second-order valence-electron chi connectivity index (χ2n) is 5.29. The highest BCUT2D eigenvalue weighted by Crippen LogP contribution is 2.12. The molecule has 0 fully saturated rings. The Hall–Kier alpha value is -2.29. The summed E-state index contributed by atoms with van der Waals surface area (Å²) in [5.74, 6) is -0.00614. The van der Waals surface area contributed by atoms with Crippen molar-refractivity contribution in [2.24, 2.45) is 0 Å². The van der Waals surface area contributed by atoms with Crippen LogP contribution in [0.3, 0.4) is 0 Å². The fourth-order valence-corrected chi connectivity index (χ4v) is 2.15. The molecule has 0 heterocycles. The first-order chi connectivity index (χ1) is 10.2. The first-order valence-corrected chi connectivity index (χ1v) is 7.26. The van der Waals surface area contributed by atoms with Crippen molar-refractivity contribution in [1.82, 2.24) is 5.32 Å². The van der Waals surface area contributed by atoms with Crippen LogP contribution in [-0.2, 0) is 6.42 Å². The molecule has 0 saturated carbocycles. The predicted octanol–water partition coefficient (Wildman–Crippen LogP) is 3.12. The van der Waals surface area contributed by atoms with E-state index in [2.05, 4.69) is 17.4 Å². The molecule has 0 aliphatic heterocycles. The number of rotatable bonds is 6. The first-order valence-electron chi connectivity index (χ1n) is 7.26. The number of amides is 1. The van der Waals surface area contributed by atoms with Gasteiger partial charge in [-0.25, -0.2) is 0 Å². The van der Waals surface area contributed by atoms with Crippen LogP contribution in [0, 0.1) is 0 Å². The lowest BCUT2D eigenvalue weighted by atomic mass is 10.1. The summed E-state index contributed by atoms with van der Waals surface area (Å²) >= 11 is 0. The Morgan fingerprint density at radius 2 is 1.67 bits per heavy atom. The number of hydrogen-bond acceptors (Lipinski definition) is 2. The van der Waals surface area contributed by atoms with Crippen LogP contribution in [0.5, 0.6) is 0 Å². The average molecular weight is 282 g/mol. The molecule has 0 aliphatic rings. The van der Waals surface area contributed by atoms with E-state index in [0.717, 1.165) is 18.5 Å². The van der Waals surface area contributed by atoms with Crippen LogP contribution in [0.15, 0.2) is 54.6 Å². The van der Waals surface area contributed by atoms with Crippen LogP contribution in [-0.4, -0.2) is 26.5 Å². The van der Waals surface area contributed by atoms with Gasteiger partial charge < -0.3 is 10.2 Å². The van der Waals surface area contributed by atoms with Gasteiger partial charge in [-0.15, -0.1) is 0 Å². The van der Waals surface area contributed by atoms with Crippen molar-refractivity contribution in [3.63, 3.8) is 0 Å². The number of benzene rings is 2. The van der Waals surface area contributed by atoms with Gasteiger partial charge in [0.15, 0.2) is 0 Å². The molecule has 3 heteroatoms. The minimum absolute atomic E-state index is 0.00614. The van der Waals surface area contributed by atoms with Crippen LogP contribution in [0.25, 0.3) is 0 Å². The lowest BCUT2D eigenvalue weighted by Gasteiger charge is -2.12. The SMILES string of the molecule is CN(C)c1ccc(C(=O)NCCCc2ccccc2)cc1. The van der Waals surface area contributed by atoms with E-state index in [1.165, 1.54) is 5.56 Å². The Morgan fingerprint density at radius 1 is 1.00 bits per heavy atom. The fourth-order valence-electron chi connectivity index (χ4n) is 2.15. The summed E-state index contributed by atoms with van der Waals surface area (Å²) in [7, 11) is 3.97. The maximum absolute atomic E-state index is 12.0. The molecule has 0 radical (unpaired) electrons. The zero-order valence-electron chi connectivity index (χ0n) is 12.7. The molecule has 0 unspecified atom stereocenters. The van der Waals surface area contributed by atoms with E-state index in [0.29, 0.717) is 12.1 Å². The summed E-state index contributed by atoms with van der Waals surface area (Å²) in [5, 5.41) is 2.97. The van der Waals surface area contributed by atoms with Crippen molar-refractivity contribution < 1.29 is 4.79 Å². The Morgan fingerprint density at radius 3 is 2.29 bits per heavy atom. The number of nitrogens with one attached hydrogen (secondary N) is 1. The van der Waals surface area contributed by atoms with E-state index >= 15 is 0 Å². The van der Waals surface area contributed by atoms with Gasteiger partial charge in [0.25, 0.3) is 5.91 Å². The average Bonchev–Trinajstić information content (AvgIpc) is 2.52. The van der Waals surface area contributed by atoms with Crippen LogP contribution in [0.4, 0.5) is 5.69 Å². The van der Waals surface area contributed by atoms with Crippen molar-refractivity contribution in [3.05, 3.63) is 65.7 Å². The Bertz CT molecular complexity index is 562. The first kappa shape index (κ1) is 15.1. The summed E-state index contributed by atoms with van der Waals surface area (Å²) < 4.78 is 0. The number of nitrogens with zero attached hydrogens (tertiary/aromatic N) is 1. The fraction of sp³-hybridized carbons (Fsp3) is 0.278. The molecule has 0 saturated heterocycles. The van der Waals surface area contributed by atoms with Crippen molar-refractivity contribution in [2.75, 3.05) is 25.5 Å². The van der Waals surface area contributed by atoms with Crippen LogP contribution in [0.2, 0.25) is 0 Å². The van der Waals surface area contributed by atoms with Crippen LogP contribution < -0.4 is 10.2 Å². The monoisotopic (exact) mass is 282 g/mol. The van der Waals surface area contributed by atoms with Gasteiger partial charge in [-0.05, 0) is 42.7 Å². The normalized spacial score (nSPS) is 10.2. The molecule has 0 spiro atoms. The molecule has 1 N–H and O–H groups in total. The molecule has 110 valence electrons. The zero-order chi connectivity index (χ0) is 15.1. The standard InChI is InChI=1S/C18H22N2O/c1-20(2)17-12-10-16(11-13-17)18(21)19-14-6-9-15-7-4-3-5-8-15/h3-5,7-8,10-13H,6,9,14H2,1-2H3,(H,19,21). The molecular formula is C18H22N2O. The lowest BCUT2D eigenvalue weighted by Crippen LogP contribution is -2.24. The van der Waals surface area contributed by atoms with Crippen molar-refractivity contribution >= 4 is 11.6 Å². The zero-order valence-corrected chi connectivity index (χ0v) is 12.7. The predicted molar refractivity (Wildman–Crippen MR) is 87.9 cm³/mol.